The van der Waals surface area contributed by atoms with Crippen LogP contribution in [0, 0.1) is 0 Å². The molecule has 4 heteroatoms. The smallest absolute Gasteiger partial charge is 0.256 e. The molecule has 0 bridgehead atoms. The van der Waals surface area contributed by atoms with E-state index < -0.39 is 0 Å². The van der Waals surface area contributed by atoms with E-state index >= 15 is 0 Å². The van der Waals surface area contributed by atoms with Gasteiger partial charge in [-0.1, -0.05) is 18.2 Å². The van der Waals surface area contributed by atoms with E-state index in [0.29, 0.717) is 6.54 Å². The van der Waals surface area contributed by atoms with Gasteiger partial charge < -0.3 is 11.1 Å². The Bertz CT molecular complexity index is 580. The Morgan fingerprint density at radius 3 is 2.75 bits per heavy atom. The second-order valence-corrected chi connectivity index (χ2v) is 3.66. The first-order valence-corrected chi connectivity index (χ1v) is 4.87. The maximum atomic E-state index is 11.6. The highest BCUT2D eigenvalue weighted by Crippen LogP contribution is 2.34. The number of nitrogens with two attached hydrogens (primary N) is 1. The fraction of sp³-hybridized carbons (Fsp3) is 0.0833. The van der Waals surface area contributed by atoms with Crippen LogP contribution in [0.4, 0.5) is 5.69 Å². The van der Waals surface area contributed by atoms with E-state index in [9.17, 15) is 4.79 Å². The van der Waals surface area contributed by atoms with Crippen LogP contribution in [0.3, 0.4) is 0 Å². The first-order valence-electron chi connectivity index (χ1n) is 4.87. The SMILES string of the molecule is Cl.NCc1ccc2c3c(cccc13)C(=O)N2. The number of halogens is 1. The molecular formula is C12H11ClN2O. The highest BCUT2D eigenvalue weighted by Gasteiger charge is 2.21. The Labute approximate surface area is 99.0 Å². The Morgan fingerprint density at radius 2 is 2.00 bits per heavy atom. The summed E-state index contributed by atoms with van der Waals surface area (Å²) in [4.78, 5) is 11.6. The van der Waals surface area contributed by atoms with Crippen LogP contribution < -0.4 is 11.1 Å². The van der Waals surface area contributed by atoms with Crippen molar-refractivity contribution >= 4 is 34.8 Å². The van der Waals surface area contributed by atoms with Crippen molar-refractivity contribution in [3.8, 4) is 0 Å². The molecule has 3 N–H and O–H groups in total. The molecule has 0 saturated heterocycles. The highest BCUT2D eigenvalue weighted by molar-refractivity contribution is 6.24. The van der Waals surface area contributed by atoms with Crippen molar-refractivity contribution in [2.24, 2.45) is 5.73 Å². The molecule has 0 unspecified atom stereocenters. The van der Waals surface area contributed by atoms with Gasteiger partial charge in [0.1, 0.15) is 0 Å². The van der Waals surface area contributed by atoms with E-state index in [2.05, 4.69) is 5.32 Å². The van der Waals surface area contributed by atoms with Crippen LogP contribution >= 0.6 is 12.4 Å². The number of rotatable bonds is 1. The van der Waals surface area contributed by atoms with Gasteiger partial charge in [0.2, 0.25) is 0 Å². The van der Waals surface area contributed by atoms with Crippen LogP contribution in [0.25, 0.3) is 10.8 Å². The van der Waals surface area contributed by atoms with Crippen molar-refractivity contribution in [1.29, 1.82) is 0 Å². The maximum Gasteiger partial charge on any atom is 0.256 e. The predicted octanol–water partition coefficient (Wildman–Crippen LogP) is 2.29. The van der Waals surface area contributed by atoms with Crippen LogP contribution in [-0.4, -0.2) is 5.91 Å². The minimum atomic E-state index is -0.0234. The van der Waals surface area contributed by atoms with Crippen LogP contribution in [0.5, 0.6) is 0 Å². The number of hydrogen-bond donors (Lipinski definition) is 2. The molecule has 0 aromatic heterocycles. The number of benzene rings is 2. The molecule has 1 aliphatic rings. The van der Waals surface area contributed by atoms with Gasteiger partial charge in [0, 0.05) is 23.2 Å². The van der Waals surface area contributed by atoms with E-state index in [1.165, 1.54) is 0 Å². The zero-order valence-electron chi connectivity index (χ0n) is 8.49. The van der Waals surface area contributed by atoms with Gasteiger partial charge in [0.05, 0.1) is 0 Å². The Hall–Kier alpha value is -1.58. The summed E-state index contributed by atoms with van der Waals surface area (Å²) in [5.41, 5.74) is 8.38. The summed E-state index contributed by atoms with van der Waals surface area (Å²) in [5.74, 6) is -0.0234. The largest absolute Gasteiger partial charge is 0.326 e. The summed E-state index contributed by atoms with van der Waals surface area (Å²) in [7, 11) is 0. The topological polar surface area (TPSA) is 55.1 Å². The van der Waals surface area contributed by atoms with Crippen LogP contribution in [0.1, 0.15) is 15.9 Å². The van der Waals surface area contributed by atoms with Gasteiger partial charge >= 0.3 is 0 Å². The van der Waals surface area contributed by atoms with Crippen LogP contribution in [0.15, 0.2) is 30.3 Å². The second kappa shape index (κ2) is 3.77. The number of carbonyl (C=O) groups excluding carboxylic acids is 1. The van der Waals surface area contributed by atoms with Crippen molar-refractivity contribution in [3.63, 3.8) is 0 Å². The van der Waals surface area contributed by atoms with Crippen LogP contribution in [-0.2, 0) is 6.54 Å². The molecule has 3 rings (SSSR count). The number of nitrogens with one attached hydrogen (secondary N) is 1. The third-order valence-electron chi connectivity index (χ3n) is 2.84. The Balaban J connectivity index is 0.000000963. The lowest BCUT2D eigenvalue weighted by Crippen LogP contribution is -2.03. The molecule has 0 atom stereocenters. The number of carbonyl (C=O) groups is 1. The van der Waals surface area contributed by atoms with E-state index in [1.807, 2.05) is 30.3 Å². The molecule has 2 aromatic carbocycles. The van der Waals surface area contributed by atoms with Gasteiger partial charge in [-0.15, -0.1) is 12.4 Å². The zero-order chi connectivity index (χ0) is 10.4. The van der Waals surface area contributed by atoms with Crippen molar-refractivity contribution in [3.05, 3.63) is 41.5 Å². The molecule has 0 fully saturated rings. The van der Waals surface area contributed by atoms with Gasteiger partial charge in [-0.05, 0) is 23.1 Å². The van der Waals surface area contributed by atoms with E-state index in [1.54, 1.807) is 0 Å². The molecule has 1 amide bonds. The molecule has 1 heterocycles. The summed E-state index contributed by atoms with van der Waals surface area (Å²) in [6, 6.07) is 9.62. The second-order valence-electron chi connectivity index (χ2n) is 3.66. The molecule has 0 saturated carbocycles. The van der Waals surface area contributed by atoms with E-state index in [4.69, 9.17) is 5.73 Å². The van der Waals surface area contributed by atoms with Gasteiger partial charge in [-0.3, -0.25) is 4.79 Å². The third kappa shape index (κ3) is 1.29. The standard InChI is InChI=1S/C12H10N2O.ClH/c13-6-7-4-5-10-11-8(7)2-1-3-9(11)12(15)14-10;/h1-5H,6,13H2,(H,14,15);1H. The maximum absolute atomic E-state index is 11.6. The summed E-state index contributed by atoms with van der Waals surface area (Å²) in [5, 5.41) is 4.92. The number of hydrogen-bond acceptors (Lipinski definition) is 2. The van der Waals surface area contributed by atoms with Crippen molar-refractivity contribution in [2.75, 3.05) is 5.32 Å². The first-order chi connectivity index (χ1) is 7.31. The van der Waals surface area contributed by atoms with E-state index in [0.717, 1.165) is 27.6 Å². The average molecular weight is 235 g/mol. The lowest BCUT2D eigenvalue weighted by molar-refractivity contribution is 0.103. The molecule has 0 spiro atoms. The fourth-order valence-electron chi connectivity index (χ4n) is 2.13. The molecule has 0 aliphatic carbocycles. The summed E-state index contributed by atoms with van der Waals surface area (Å²) < 4.78 is 0. The zero-order valence-corrected chi connectivity index (χ0v) is 9.30. The molecule has 3 nitrogen and oxygen atoms in total. The highest BCUT2D eigenvalue weighted by atomic mass is 35.5. The lowest BCUT2D eigenvalue weighted by Gasteiger charge is -2.04. The molecule has 0 radical (unpaired) electrons. The lowest BCUT2D eigenvalue weighted by atomic mass is 10.0. The summed E-state index contributed by atoms with van der Waals surface area (Å²) in [6.07, 6.45) is 0. The first kappa shape index (κ1) is 10.9. The number of anilines is 1. The summed E-state index contributed by atoms with van der Waals surface area (Å²) in [6.45, 7) is 0.494. The van der Waals surface area contributed by atoms with Crippen molar-refractivity contribution in [1.82, 2.24) is 0 Å². The van der Waals surface area contributed by atoms with Gasteiger partial charge in [-0.25, -0.2) is 0 Å². The van der Waals surface area contributed by atoms with Crippen molar-refractivity contribution in [2.45, 2.75) is 6.54 Å². The Kier molecular flexibility index (Phi) is 2.58. The monoisotopic (exact) mass is 234 g/mol. The average Bonchev–Trinajstić information content (AvgIpc) is 2.59. The molecule has 82 valence electrons. The Morgan fingerprint density at radius 1 is 1.19 bits per heavy atom. The predicted molar refractivity (Wildman–Crippen MR) is 67.0 cm³/mol. The molecule has 1 aliphatic heterocycles. The summed E-state index contributed by atoms with van der Waals surface area (Å²) >= 11 is 0. The molecule has 16 heavy (non-hydrogen) atoms. The minimum Gasteiger partial charge on any atom is -0.326 e. The van der Waals surface area contributed by atoms with E-state index in [-0.39, 0.29) is 18.3 Å². The third-order valence-corrected chi connectivity index (χ3v) is 2.84. The minimum absolute atomic E-state index is 0. The van der Waals surface area contributed by atoms with Gasteiger partial charge in [0.15, 0.2) is 0 Å². The van der Waals surface area contributed by atoms with Gasteiger partial charge in [0.25, 0.3) is 5.91 Å². The normalized spacial score (nSPS) is 12.4. The van der Waals surface area contributed by atoms with Crippen molar-refractivity contribution < 1.29 is 4.79 Å². The molecule has 2 aromatic rings. The van der Waals surface area contributed by atoms with Crippen LogP contribution in [0.2, 0.25) is 0 Å². The van der Waals surface area contributed by atoms with Gasteiger partial charge in [-0.2, -0.15) is 0 Å². The quantitative estimate of drug-likeness (QED) is 0.796. The molecular weight excluding hydrogens is 224 g/mol. The fourth-order valence-corrected chi connectivity index (χ4v) is 2.13. The number of amides is 1.